The van der Waals surface area contributed by atoms with Gasteiger partial charge >= 0.3 is 0 Å². The lowest BCUT2D eigenvalue weighted by atomic mass is 10.2. The van der Waals surface area contributed by atoms with Crippen molar-refractivity contribution in [2.75, 3.05) is 0 Å². The van der Waals surface area contributed by atoms with Crippen LogP contribution in [0.15, 0.2) is 12.4 Å². The van der Waals surface area contributed by atoms with Crippen molar-refractivity contribution in [2.45, 2.75) is 52.2 Å². The summed E-state index contributed by atoms with van der Waals surface area (Å²) in [5, 5.41) is 3.56. The Bertz CT molecular complexity index is 302. The van der Waals surface area contributed by atoms with Crippen molar-refractivity contribution in [3.05, 3.63) is 18.2 Å². The Morgan fingerprint density at radius 1 is 1.60 bits per heavy atom. The lowest BCUT2D eigenvalue weighted by Crippen LogP contribution is -2.28. The first kappa shape index (κ1) is 10.7. The third-order valence-corrected chi connectivity index (χ3v) is 3.18. The van der Waals surface area contributed by atoms with Gasteiger partial charge < -0.3 is 9.88 Å². The van der Waals surface area contributed by atoms with E-state index in [1.165, 1.54) is 25.1 Å². The van der Waals surface area contributed by atoms with Crippen molar-refractivity contribution >= 4 is 0 Å². The molecule has 1 aliphatic rings. The highest BCUT2D eigenvalue weighted by atomic mass is 15.1. The summed E-state index contributed by atoms with van der Waals surface area (Å²) in [6.07, 6.45) is 7.94. The van der Waals surface area contributed by atoms with E-state index in [9.17, 15) is 0 Å². The van der Waals surface area contributed by atoms with Crippen LogP contribution in [0.4, 0.5) is 0 Å². The summed E-state index contributed by atoms with van der Waals surface area (Å²) in [4.78, 5) is 4.39. The number of aryl methyl sites for hydroxylation is 1. The summed E-state index contributed by atoms with van der Waals surface area (Å²) >= 11 is 0. The summed E-state index contributed by atoms with van der Waals surface area (Å²) < 4.78 is 2.24. The van der Waals surface area contributed by atoms with Crippen LogP contribution >= 0.6 is 0 Å². The Hall–Kier alpha value is -0.830. The maximum absolute atomic E-state index is 4.39. The van der Waals surface area contributed by atoms with E-state index in [4.69, 9.17) is 0 Å². The third kappa shape index (κ3) is 2.81. The molecule has 0 spiro atoms. The fraction of sp³-hybridized carbons (Fsp3) is 0.750. The molecule has 1 aromatic heterocycles. The molecule has 1 fully saturated rings. The van der Waals surface area contributed by atoms with Crippen LogP contribution in [0.25, 0.3) is 0 Å². The number of hydrogen-bond acceptors (Lipinski definition) is 2. The molecule has 0 saturated heterocycles. The molecule has 0 amide bonds. The molecule has 1 aliphatic carbocycles. The predicted molar refractivity (Wildman–Crippen MR) is 61.5 cm³/mol. The van der Waals surface area contributed by atoms with Gasteiger partial charge in [-0.2, -0.15) is 0 Å². The SMILES string of the molecule is CCCn1ccnc1CNC(C)C1CC1. The predicted octanol–water partition coefficient (Wildman–Crippen LogP) is 2.18. The van der Waals surface area contributed by atoms with E-state index in [1.807, 2.05) is 6.20 Å². The summed E-state index contributed by atoms with van der Waals surface area (Å²) in [6.45, 7) is 6.47. The average molecular weight is 207 g/mol. The molecule has 0 bridgehead atoms. The monoisotopic (exact) mass is 207 g/mol. The summed E-state index contributed by atoms with van der Waals surface area (Å²) in [5.74, 6) is 2.09. The minimum absolute atomic E-state index is 0.650. The smallest absolute Gasteiger partial charge is 0.122 e. The van der Waals surface area contributed by atoms with Gasteiger partial charge in [0.15, 0.2) is 0 Å². The average Bonchev–Trinajstić information content (AvgIpc) is 2.99. The number of nitrogens with zero attached hydrogens (tertiary/aromatic N) is 2. The molecule has 3 heteroatoms. The molecule has 1 aromatic rings. The van der Waals surface area contributed by atoms with Crippen LogP contribution in [0.1, 0.15) is 38.9 Å². The molecule has 1 atom stereocenters. The van der Waals surface area contributed by atoms with Crippen LogP contribution in [0.2, 0.25) is 0 Å². The summed E-state index contributed by atoms with van der Waals surface area (Å²) in [6, 6.07) is 0.650. The van der Waals surface area contributed by atoms with Gasteiger partial charge in [-0.1, -0.05) is 6.92 Å². The molecular weight excluding hydrogens is 186 g/mol. The molecule has 1 N–H and O–H groups in total. The Balaban J connectivity index is 1.83. The second kappa shape index (κ2) is 4.79. The number of nitrogens with one attached hydrogen (secondary N) is 1. The molecule has 2 rings (SSSR count). The van der Waals surface area contributed by atoms with Crippen molar-refractivity contribution < 1.29 is 0 Å². The first-order valence-electron chi connectivity index (χ1n) is 6.04. The second-order valence-corrected chi connectivity index (χ2v) is 4.54. The molecule has 1 heterocycles. The molecule has 15 heavy (non-hydrogen) atoms. The van der Waals surface area contributed by atoms with Crippen molar-refractivity contribution in [3.8, 4) is 0 Å². The van der Waals surface area contributed by atoms with E-state index in [0.717, 1.165) is 19.0 Å². The molecule has 0 aliphatic heterocycles. The zero-order chi connectivity index (χ0) is 10.7. The van der Waals surface area contributed by atoms with Gasteiger partial charge in [-0.3, -0.25) is 0 Å². The first-order chi connectivity index (χ1) is 7.31. The van der Waals surface area contributed by atoms with Crippen molar-refractivity contribution in [3.63, 3.8) is 0 Å². The van der Waals surface area contributed by atoms with E-state index >= 15 is 0 Å². The minimum Gasteiger partial charge on any atom is -0.334 e. The highest BCUT2D eigenvalue weighted by Gasteiger charge is 2.27. The Labute approximate surface area is 91.9 Å². The molecule has 3 nitrogen and oxygen atoms in total. The topological polar surface area (TPSA) is 29.9 Å². The van der Waals surface area contributed by atoms with E-state index in [0.29, 0.717) is 6.04 Å². The maximum Gasteiger partial charge on any atom is 0.122 e. The Morgan fingerprint density at radius 3 is 3.07 bits per heavy atom. The molecule has 1 saturated carbocycles. The number of aromatic nitrogens is 2. The van der Waals surface area contributed by atoms with Crippen molar-refractivity contribution in [2.24, 2.45) is 5.92 Å². The lowest BCUT2D eigenvalue weighted by molar-refractivity contribution is 0.476. The Kier molecular flexibility index (Phi) is 3.41. The third-order valence-electron chi connectivity index (χ3n) is 3.18. The lowest BCUT2D eigenvalue weighted by Gasteiger charge is -2.13. The molecule has 1 unspecified atom stereocenters. The first-order valence-corrected chi connectivity index (χ1v) is 6.04. The van der Waals surface area contributed by atoms with Crippen LogP contribution in [-0.4, -0.2) is 15.6 Å². The van der Waals surface area contributed by atoms with Gasteiger partial charge in [0.05, 0.1) is 6.54 Å². The standard InChI is InChI=1S/C12H21N3/c1-3-7-15-8-6-13-12(15)9-14-10(2)11-4-5-11/h6,8,10-11,14H,3-5,7,9H2,1-2H3. The quantitative estimate of drug-likeness (QED) is 0.775. The van der Waals surface area contributed by atoms with Gasteiger partial charge in [-0.15, -0.1) is 0 Å². The van der Waals surface area contributed by atoms with Gasteiger partial charge in [-0.05, 0) is 32.1 Å². The van der Waals surface area contributed by atoms with Crippen molar-refractivity contribution in [1.29, 1.82) is 0 Å². The normalized spacial score (nSPS) is 18.0. The van der Waals surface area contributed by atoms with E-state index in [-0.39, 0.29) is 0 Å². The maximum atomic E-state index is 4.39. The highest BCUT2D eigenvalue weighted by Crippen LogP contribution is 2.32. The van der Waals surface area contributed by atoms with Crippen molar-refractivity contribution in [1.82, 2.24) is 14.9 Å². The van der Waals surface area contributed by atoms with Crippen LogP contribution in [0, 0.1) is 5.92 Å². The minimum atomic E-state index is 0.650. The summed E-state index contributed by atoms with van der Waals surface area (Å²) in [7, 11) is 0. The molecule has 0 aromatic carbocycles. The van der Waals surface area contributed by atoms with Gasteiger partial charge in [0.1, 0.15) is 5.82 Å². The van der Waals surface area contributed by atoms with E-state index in [2.05, 4.69) is 34.9 Å². The zero-order valence-electron chi connectivity index (χ0n) is 9.74. The largest absolute Gasteiger partial charge is 0.334 e. The molecular formula is C12H21N3. The number of rotatable bonds is 6. The fourth-order valence-electron chi connectivity index (χ4n) is 1.97. The highest BCUT2D eigenvalue weighted by molar-refractivity contribution is 4.93. The second-order valence-electron chi connectivity index (χ2n) is 4.54. The van der Waals surface area contributed by atoms with Gasteiger partial charge in [0.25, 0.3) is 0 Å². The number of imidazole rings is 1. The van der Waals surface area contributed by atoms with Gasteiger partial charge in [0.2, 0.25) is 0 Å². The molecule has 0 radical (unpaired) electrons. The van der Waals surface area contributed by atoms with E-state index < -0.39 is 0 Å². The summed E-state index contributed by atoms with van der Waals surface area (Å²) in [5.41, 5.74) is 0. The Morgan fingerprint density at radius 2 is 2.40 bits per heavy atom. The van der Waals surface area contributed by atoms with Crippen LogP contribution < -0.4 is 5.32 Å². The van der Waals surface area contributed by atoms with Crippen LogP contribution in [-0.2, 0) is 13.1 Å². The van der Waals surface area contributed by atoms with Crippen LogP contribution in [0.5, 0.6) is 0 Å². The zero-order valence-corrected chi connectivity index (χ0v) is 9.74. The van der Waals surface area contributed by atoms with Gasteiger partial charge in [-0.25, -0.2) is 4.98 Å². The number of hydrogen-bond donors (Lipinski definition) is 1. The van der Waals surface area contributed by atoms with Gasteiger partial charge in [0, 0.05) is 25.0 Å². The van der Waals surface area contributed by atoms with E-state index in [1.54, 1.807) is 0 Å². The van der Waals surface area contributed by atoms with Crippen LogP contribution in [0.3, 0.4) is 0 Å². The fourth-order valence-corrected chi connectivity index (χ4v) is 1.97. The molecule has 84 valence electrons.